The van der Waals surface area contributed by atoms with E-state index in [-0.39, 0.29) is 65.8 Å². The summed E-state index contributed by atoms with van der Waals surface area (Å²) in [5.74, 6) is 0.276. The number of imide groups is 1. The number of benzene rings is 1. The molecule has 0 unspecified atom stereocenters. The minimum absolute atomic E-state index is 0.00535. The Labute approximate surface area is 161 Å². The van der Waals surface area contributed by atoms with Crippen LogP contribution in [0, 0.1) is 35.5 Å². The van der Waals surface area contributed by atoms with E-state index in [4.69, 9.17) is 11.6 Å². The number of anilines is 1. The van der Waals surface area contributed by atoms with Gasteiger partial charge in [0.15, 0.2) is 0 Å². The maximum atomic E-state index is 12.9. The summed E-state index contributed by atoms with van der Waals surface area (Å²) in [4.78, 5) is 39.2. The van der Waals surface area contributed by atoms with Gasteiger partial charge in [0.25, 0.3) is 0 Å². The maximum Gasteiger partial charge on any atom is 0.233 e. The van der Waals surface area contributed by atoms with E-state index in [0.29, 0.717) is 16.9 Å². The maximum absolute atomic E-state index is 12.9. The first-order chi connectivity index (χ1) is 13.0. The lowest BCUT2D eigenvalue weighted by Crippen LogP contribution is -2.40. The van der Waals surface area contributed by atoms with Crippen LogP contribution in [0.15, 0.2) is 30.4 Å². The number of hydrogen-bond donors (Lipinski definition) is 2. The number of carbonyl (C=O) groups is 3. The molecule has 27 heavy (non-hydrogen) atoms. The van der Waals surface area contributed by atoms with Crippen molar-refractivity contribution >= 4 is 35.0 Å². The molecule has 6 atom stereocenters. The molecule has 2 N–H and O–H groups in total. The number of rotatable bonds is 4. The number of aromatic hydroxyl groups is 1. The lowest BCUT2D eigenvalue weighted by atomic mass is 9.63. The van der Waals surface area contributed by atoms with Crippen LogP contribution < -0.4 is 5.32 Å². The molecule has 2 saturated carbocycles. The summed E-state index contributed by atoms with van der Waals surface area (Å²) in [6.07, 6.45) is 5.38. The van der Waals surface area contributed by atoms with E-state index in [9.17, 15) is 19.5 Å². The molecule has 0 aromatic heterocycles. The monoisotopic (exact) mass is 386 g/mol. The van der Waals surface area contributed by atoms with E-state index in [0.717, 1.165) is 6.42 Å². The summed E-state index contributed by atoms with van der Waals surface area (Å²) in [5, 5.41) is 12.8. The highest BCUT2D eigenvalue weighted by atomic mass is 35.5. The third-order valence-corrected chi connectivity index (χ3v) is 6.79. The number of nitrogens with zero attached hydrogens (tertiary/aromatic N) is 1. The number of amides is 3. The van der Waals surface area contributed by atoms with Gasteiger partial charge in [-0.2, -0.15) is 0 Å². The molecular weight excluding hydrogens is 368 g/mol. The fourth-order valence-corrected chi connectivity index (χ4v) is 5.44. The Morgan fingerprint density at radius 1 is 1.15 bits per heavy atom. The van der Waals surface area contributed by atoms with Gasteiger partial charge >= 0.3 is 0 Å². The average Bonchev–Trinajstić information content (AvgIpc) is 3.41. The zero-order chi connectivity index (χ0) is 18.9. The Morgan fingerprint density at radius 3 is 2.37 bits per heavy atom. The second-order valence-corrected chi connectivity index (χ2v) is 8.38. The van der Waals surface area contributed by atoms with Crippen molar-refractivity contribution in [2.45, 2.75) is 12.8 Å². The minimum atomic E-state index is -0.368. The quantitative estimate of drug-likeness (QED) is 0.472. The molecule has 1 aromatic carbocycles. The van der Waals surface area contributed by atoms with Crippen LogP contribution in [-0.2, 0) is 14.4 Å². The number of phenolic OH excluding ortho intramolecular Hbond substituents is 1. The van der Waals surface area contributed by atoms with E-state index in [1.807, 2.05) is 0 Å². The van der Waals surface area contributed by atoms with Gasteiger partial charge in [-0.1, -0.05) is 23.8 Å². The van der Waals surface area contributed by atoms with Crippen molar-refractivity contribution in [2.24, 2.45) is 35.5 Å². The Kier molecular flexibility index (Phi) is 3.63. The predicted molar refractivity (Wildman–Crippen MR) is 97.8 cm³/mol. The Hall–Kier alpha value is -2.34. The molecule has 6 rings (SSSR count). The van der Waals surface area contributed by atoms with Crippen LogP contribution in [0.1, 0.15) is 12.8 Å². The number of nitrogens with one attached hydrogen (secondary N) is 1. The van der Waals surface area contributed by atoms with Gasteiger partial charge in [0, 0.05) is 24.1 Å². The smallest absolute Gasteiger partial charge is 0.233 e. The van der Waals surface area contributed by atoms with Crippen LogP contribution in [-0.4, -0.2) is 34.3 Å². The Morgan fingerprint density at radius 2 is 1.78 bits per heavy atom. The molecule has 4 aliphatic carbocycles. The van der Waals surface area contributed by atoms with Crippen molar-refractivity contribution in [1.82, 2.24) is 4.90 Å². The van der Waals surface area contributed by atoms with Crippen molar-refractivity contribution in [3.05, 3.63) is 35.4 Å². The molecule has 140 valence electrons. The van der Waals surface area contributed by atoms with Crippen molar-refractivity contribution in [2.75, 3.05) is 11.9 Å². The van der Waals surface area contributed by atoms with Gasteiger partial charge in [0.05, 0.1) is 17.5 Å². The van der Waals surface area contributed by atoms with Crippen molar-refractivity contribution in [3.63, 3.8) is 0 Å². The number of hydrogen-bond acceptors (Lipinski definition) is 4. The van der Waals surface area contributed by atoms with E-state index in [1.165, 1.54) is 17.0 Å². The number of carbonyl (C=O) groups excluding carboxylic acids is 3. The van der Waals surface area contributed by atoms with Crippen LogP contribution >= 0.6 is 11.6 Å². The van der Waals surface area contributed by atoms with Gasteiger partial charge in [-0.05, 0) is 42.2 Å². The average molecular weight is 387 g/mol. The highest BCUT2D eigenvalue weighted by Crippen LogP contribution is 2.65. The van der Waals surface area contributed by atoms with E-state index < -0.39 is 0 Å². The highest BCUT2D eigenvalue weighted by Gasteiger charge is 2.66. The van der Waals surface area contributed by atoms with Gasteiger partial charge < -0.3 is 10.4 Å². The molecule has 3 amide bonds. The van der Waals surface area contributed by atoms with Crippen LogP contribution in [0.2, 0.25) is 5.02 Å². The number of halogens is 1. The van der Waals surface area contributed by atoms with Gasteiger partial charge in [-0.15, -0.1) is 0 Å². The van der Waals surface area contributed by atoms with Crippen molar-refractivity contribution in [3.8, 4) is 5.75 Å². The van der Waals surface area contributed by atoms with E-state index in [1.54, 1.807) is 6.07 Å². The molecule has 7 heteroatoms. The third-order valence-electron chi connectivity index (χ3n) is 6.55. The fourth-order valence-electron chi connectivity index (χ4n) is 5.28. The van der Waals surface area contributed by atoms with Gasteiger partial charge in [0.1, 0.15) is 5.75 Å². The Balaban J connectivity index is 1.25. The van der Waals surface area contributed by atoms with Crippen LogP contribution in [0.25, 0.3) is 0 Å². The molecule has 3 fully saturated rings. The topological polar surface area (TPSA) is 86.7 Å². The molecule has 1 aliphatic heterocycles. The molecule has 1 aromatic rings. The largest absolute Gasteiger partial charge is 0.506 e. The zero-order valence-electron chi connectivity index (χ0n) is 14.5. The molecule has 6 nitrogen and oxygen atoms in total. The van der Waals surface area contributed by atoms with Gasteiger partial charge in [0.2, 0.25) is 17.7 Å². The summed E-state index contributed by atoms with van der Waals surface area (Å²) in [6.45, 7) is 0.0691. The summed E-state index contributed by atoms with van der Waals surface area (Å²) in [6, 6.07) is 4.40. The lowest BCUT2D eigenvalue weighted by Gasteiger charge is -2.37. The zero-order valence-corrected chi connectivity index (χ0v) is 15.2. The fraction of sp³-hybridized carbons (Fsp3) is 0.450. The van der Waals surface area contributed by atoms with Crippen molar-refractivity contribution < 1.29 is 19.5 Å². The molecule has 0 spiro atoms. The standard InChI is InChI=1S/C20H19ClN2O4/c21-9-1-4-14(15(24)7-9)22-16(25)5-6-23-19(26)17-10-2-3-11(13-8-12(10)13)18(17)20(23)27/h1-4,7,10-13,17-18,24H,5-6,8H2,(H,22,25)/t10-,11+,12-,13-,17-,18+/m1/s1. The predicted octanol–water partition coefficient (Wildman–Crippen LogP) is 2.43. The normalized spacial score (nSPS) is 35.2. The van der Waals surface area contributed by atoms with Crippen molar-refractivity contribution in [1.29, 1.82) is 0 Å². The summed E-state index contributed by atoms with van der Waals surface area (Å²) in [5.41, 5.74) is 0.250. The number of phenols is 1. The first-order valence-electron chi connectivity index (χ1n) is 9.27. The van der Waals surface area contributed by atoms with E-state index >= 15 is 0 Å². The van der Waals surface area contributed by atoms with Gasteiger partial charge in [-0.25, -0.2) is 0 Å². The summed E-state index contributed by atoms with van der Waals surface area (Å²) in [7, 11) is 0. The highest BCUT2D eigenvalue weighted by molar-refractivity contribution is 6.30. The molecule has 2 bridgehead atoms. The second-order valence-electron chi connectivity index (χ2n) is 7.94. The van der Waals surface area contributed by atoms with Gasteiger partial charge in [-0.3, -0.25) is 19.3 Å². The van der Waals surface area contributed by atoms with Crippen LogP contribution in [0.4, 0.5) is 5.69 Å². The summed E-state index contributed by atoms with van der Waals surface area (Å²) >= 11 is 5.78. The first kappa shape index (κ1) is 16.8. The second kappa shape index (κ2) is 5.83. The number of allylic oxidation sites excluding steroid dienone is 2. The Bertz CT molecular complexity index is 862. The third kappa shape index (κ3) is 2.50. The molecule has 1 saturated heterocycles. The molecule has 5 aliphatic rings. The van der Waals surface area contributed by atoms with Crippen LogP contribution in [0.5, 0.6) is 5.75 Å². The lowest BCUT2D eigenvalue weighted by molar-refractivity contribution is -0.140. The summed E-state index contributed by atoms with van der Waals surface area (Å²) < 4.78 is 0. The molecule has 0 radical (unpaired) electrons. The van der Waals surface area contributed by atoms with Crippen LogP contribution in [0.3, 0.4) is 0 Å². The first-order valence-corrected chi connectivity index (χ1v) is 9.65. The van der Waals surface area contributed by atoms with E-state index in [2.05, 4.69) is 17.5 Å². The SMILES string of the molecule is O=C(CCN1C(=O)[C@@H]2[C@@H]3C=C[C@@H]([C@H]4C[C@H]34)[C@@H]2C1=O)Nc1ccc(Cl)cc1O. The minimum Gasteiger partial charge on any atom is -0.506 e. The molecule has 1 heterocycles. The molecular formula is C20H19ClN2O4. The number of likely N-dealkylation sites (tertiary alicyclic amines) is 1.